The average Bonchev–Trinajstić information content (AvgIpc) is 3.16. The second-order valence-corrected chi connectivity index (χ2v) is 7.26. The van der Waals surface area contributed by atoms with Crippen molar-refractivity contribution in [3.05, 3.63) is 46.5 Å². The normalized spacial score (nSPS) is 15.5. The van der Waals surface area contributed by atoms with Crippen molar-refractivity contribution in [3.63, 3.8) is 0 Å². The topological polar surface area (TPSA) is 94.2 Å². The van der Waals surface area contributed by atoms with Crippen molar-refractivity contribution < 1.29 is 37.4 Å². The van der Waals surface area contributed by atoms with E-state index < -0.39 is 40.7 Å². The number of benzene rings is 2. The Morgan fingerprint density at radius 3 is 2.38 bits per heavy atom. The fraction of sp³-hybridized carbons (Fsp3) is 0.286. The zero-order chi connectivity index (χ0) is 23.6. The number of carbonyl (C=O) groups excluding carboxylic acids is 3. The highest BCUT2D eigenvalue weighted by atomic mass is 35.5. The average molecular weight is 469 g/mol. The summed E-state index contributed by atoms with van der Waals surface area (Å²) in [7, 11) is 3.89. The van der Waals surface area contributed by atoms with E-state index in [1.807, 2.05) is 0 Å². The van der Waals surface area contributed by atoms with Crippen LogP contribution in [0.5, 0.6) is 11.5 Å². The maximum Gasteiger partial charge on any atom is 0.340 e. The number of ether oxygens (including phenoxy) is 3. The molecule has 32 heavy (non-hydrogen) atoms. The molecule has 11 heteroatoms. The molecule has 1 fully saturated rings. The van der Waals surface area contributed by atoms with Crippen molar-refractivity contribution in [3.8, 4) is 11.5 Å². The van der Waals surface area contributed by atoms with E-state index in [1.165, 1.54) is 31.3 Å². The van der Waals surface area contributed by atoms with Crippen molar-refractivity contribution in [2.45, 2.75) is 6.42 Å². The highest BCUT2D eigenvalue weighted by Crippen LogP contribution is 2.40. The molecule has 1 aliphatic rings. The molecule has 1 N–H and O–H groups in total. The van der Waals surface area contributed by atoms with Crippen LogP contribution in [0.25, 0.3) is 0 Å². The van der Waals surface area contributed by atoms with Crippen LogP contribution >= 0.6 is 11.6 Å². The number of hydrogen-bond acceptors (Lipinski definition) is 6. The minimum atomic E-state index is -1.13. The molecule has 0 spiro atoms. The van der Waals surface area contributed by atoms with Crippen LogP contribution < -0.4 is 19.7 Å². The molecule has 0 aromatic heterocycles. The van der Waals surface area contributed by atoms with Gasteiger partial charge in [0.05, 0.1) is 49.2 Å². The zero-order valence-electron chi connectivity index (χ0n) is 17.3. The zero-order valence-corrected chi connectivity index (χ0v) is 18.1. The van der Waals surface area contributed by atoms with Crippen LogP contribution in [0.2, 0.25) is 5.02 Å². The van der Waals surface area contributed by atoms with Gasteiger partial charge in [0.1, 0.15) is 23.1 Å². The Morgan fingerprint density at radius 1 is 1.06 bits per heavy atom. The molecule has 1 unspecified atom stereocenters. The lowest BCUT2D eigenvalue weighted by Crippen LogP contribution is -2.28. The standard InChI is InChI=1S/C21H19ClF2N2O6/c1-30-17-8-18(31-2)16(6-12(17)22)26-9-10(4-19(26)27)20(28)25-15-5-11(21(29)32-3)13(23)7-14(15)24/h5-8,10H,4,9H2,1-3H3,(H,25,28). The lowest BCUT2D eigenvalue weighted by Gasteiger charge is -2.21. The van der Waals surface area contributed by atoms with Gasteiger partial charge in [-0.1, -0.05) is 11.6 Å². The van der Waals surface area contributed by atoms with Crippen LogP contribution in [0.3, 0.4) is 0 Å². The molecule has 1 heterocycles. The molecular weight excluding hydrogens is 450 g/mol. The van der Waals surface area contributed by atoms with E-state index in [0.29, 0.717) is 23.3 Å². The maximum absolute atomic E-state index is 14.2. The van der Waals surface area contributed by atoms with Crippen LogP contribution in [0.15, 0.2) is 24.3 Å². The SMILES string of the molecule is COC(=O)c1cc(NC(=O)C2CC(=O)N(c3cc(Cl)c(OC)cc3OC)C2)c(F)cc1F. The van der Waals surface area contributed by atoms with Crippen LogP contribution in [-0.4, -0.2) is 45.7 Å². The molecule has 0 aliphatic carbocycles. The third kappa shape index (κ3) is 4.45. The van der Waals surface area contributed by atoms with Gasteiger partial charge in [-0.2, -0.15) is 0 Å². The van der Waals surface area contributed by atoms with E-state index in [4.69, 9.17) is 21.1 Å². The highest BCUT2D eigenvalue weighted by Gasteiger charge is 2.37. The van der Waals surface area contributed by atoms with Gasteiger partial charge in [-0.25, -0.2) is 13.6 Å². The molecule has 2 aromatic rings. The first-order chi connectivity index (χ1) is 15.2. The number of methoxy groups -OCH3 is 3. The molecule has 3 rings (SSSR count). The smallest absolute Gasteiger partial charge is 0.340 e. The summed E-state index contributed by atoms with van der Waals surface area (Å²) < 4.78 is 42.9. The fourth-order valence-electron chi connectivity index (χ4n) is 3.32. The summed E-state index contributed by atoms with van der Waals surface area (Å²) in [5.41, 5.74) is -0.599. The van der Waals surface area contributed by atoms with Crippen LogP contribution in [-0.2, 0) is 14.3 Å². The first-order valence-corrected chi connectivity index (χ1v) is 9.68. The summed E-state index contributed by atoms with van der Waals surface area (Å²) in [5, 5.41) is 2.55. The molecule has 170 valence electrons. The van der Waals surface area contributed by atoms with E-state index in [1.54, 1.807) is 0 Å². The van der Waals surface area contributed by atoms with Crippen molar-refractivity contribution in [1.29, 1.82) is 0 Å². The first kappa shape index (κ1) is 23.3. The number of hydrogen-bond donors (Lipinski definition) is 1. The number of rotatable bonds is 6. The molecular formula is C21H19ClF2N2O6. The van der Waals surface area contributed by atoms with E-state index in [9.17, 15) is 23.2 Å². The number of halogens is 3. The third-order valence-corrected chi connectivity index (χ3v) is 5.26. The summed E-state index contributed by atoms with van der Waals surface area (Å²) >= 11 is 6.17. The van der Waals surface area contributed by atoms with Crippen LogP contribution in [0.4, 0.5) is 20.2 Å². The van der Waals surface area contributed by atoms with Crippen molar-refractivity contribution >= 4 is 40.8 Å². The van der Waals surface area contributed by atoms with Crippen molar-refractivity contribution in [2.24, 2.45) is 5.92 Å². The minimum absolute atomic E-state index is 0.0314. The Labute approximate surface area is 187 Å². The predicted octanol–water partition coefficient (Wildman–Crippen LogP) is 3.41. The first-order valence-electron chi connectivity index (χ1n) is 9.30. The lowest BCUT2D eigenvalue weighted by atomic mass is 10.1. The predicted molar refractivity (Wildman–Crippen MR) is 111 cm³/mol. The summed E-state index contributed by atoms with van der Waals surface area (Å²) in [5.74, 6) is -4.47. The Kier molecular flexibility index (Phi) is 6.83. The van der Waals surface area contributed by atoms with E-state index in [2.05, 4.69) is 10.1 Å². The Balaban J connectivity index is 1.82. The second kappa shape index (κ2) is 9.39. The van der Waals surface area contributed by atoms with Gasteiger partial charge in [0.2, 0.25) is 11.8 Å². The van der Waals surface area contributed by atoms with Gasteiger partial charge < -0.3 is 24.4 Å². The summed E-state index contributed by atoms with van der Waals surface area (Å²) in [6.45, 7) is -0.0314. The molecule has 0 radical (unpaired) electrons. The summed E-state index contributed by atoms with van der Waals surface area (Å²) in [4.78, 5) is 38.3. The molecule has 0 saturated carbocycles. The number of carbonyl (C=O) groups is 3. The maximum atomic E-state index is 14.2. The highest BCUT2D eigenvalue weighted by molar-refractivity contribution is 6.32. The van der Waals surface area contributed by atoms with Crippen molar-refractivity contribution in [1.82, 2.24) is 0 Å². The van der Waals surface area contributed by atoms with Gasteiger partial charge in [0, 0.05) is 25.1 Å². The number of nitrogens with one attached hydrogen (secondary N) is 1. The number of esters is 1. The van der Waals surface area contributed by atoms with E-state index in [-0.39, 0.29) is 23.9 Å². The summed E-state index contributed by atoms with van der Waals surface area (Å²) in [6, 6.07) is 4.31. The van der Waals surface area contributed by atoms with E-state index in [0.717, 1.165) is 13.2 Å². The third-order valence-electron chi connectivity index (χ3n) is 4.96. The molecule has 2 aromatic carbocycles. The van der Waals surface area contributed by atoms with Gasteiger partial charge >= 0.3 is 5.97 Å². The fourth-order valence-corrected chi connectivity index (χ4v) is 3.55. The number of amides is 2. The van der Waals surface area contributed by atoms with Gasteiger partial charge in [0.15, 0.2) is 0 Å². The van der Waals surface area contributed by atoms with Crippen molar-refractivity contribution in [2.75, 3.05) is 38.1 Å². The molecule has 2 amide bonds. The summed E-state index contributed by atoms with van der Waals surface area (Å²) in [6.07, 6.45) is -0.161. The lowest BCUT2D eigenvalue weighted by molar-refractivity contribution is -0.122. The number of nitrogens with zero attached hydrogens (tertiary/aromatic N) is 1. The van der Waals surface area contributed by atoms with Gasteiger partial charge in [-0.05, 0) is 12.1 Å². The van der Waals surface area contributed by atoms with E-state index >= 15 is 0 Å². The van der Waals surface area contributed by atoms with Gasteiger partial charge in [-0.15, -0.1) is 0 Å². The Hall–Kier alpha value is -3.40. The van der Waals surface area contributed by atoms with Gasteiger partial charge in [-0.3, -0.25) is 9.59 Å². The largest absolute Gasteiger partial charge is 0.495 e. The Bertz CT molecular complexity index is 1090. The molecule has 1 aliphatic heterocycles. The molecule has 0 bridgehead atoms. The van der Waals surface area contributed by atoms with Gasteiger partial charge in [0.25, 0.3) is 0 Å². The molecule has 1 saturated heterocycles. The second-order valence-electron chi connectivity index (χ2n) is 6.86. The monoisotopic (exact) mass is 468 g/mol. The van der Waals surface area contributed by atoms with Crippen LogP contribution in [0, 0.1) is 17.6 Å². The quantitative estimate of drug-likeness (QED) is 0.653. The van der Waals surface area contributed by atoms with Crippen LogP contribution in [0.1, 0.15) is 16.8 Å². The number of anilines is 2. The molecule has 8 nitrogen and oxygen atoms in total. The Morgan fingerprint density at radius 2 is 1.75 bits per heavy atom. The minimum Gasteiger partial charge on any atom is -0.495 e. The molecule has 1 atom stereocenters.